The molecule has 158 valence electrons. The molecule has 0 bridgehead atoms. The Kier molecular flexibility index (Phi) is 8.07. The highest BCUT2D eigenvalue weighted by molar-refractivity contribution is 8.00. The molecular formula is C26H26N2O2S. The summed E-state index contributed by atoms with van der Waals surface area (Å²) in [5.41, 5.74) is 3.73. The molecule has 0 heterocycles. The van der Waals surface area contributed by atoms with Crippen LogP contribution >= 0.6 is 11.8 Å². The van der Waals surface area contributed by atoms with Gasteiger partial charge < -0.3 is 10.6 Å². The zero-order valence-corrected chi connectivity index (χ0v) is 18.5. The summed E-state index contributed by atoms with van der Waals surface area (Å²) >= 11 is 1.45. The van der Waals surface area contributed by atoms with Gasteiger partial charge in [0.15, 0.2) is 0 Å². The van der Waals surface area contributed by atoms with Crippen molar-refractivity contribution < 1.29 is 9.59 Å². The van der Waals surface area contributed by atoms with Gasteiger partial charge >= 0.3 is 0 Å². The topological polar surface area (TPSA) is 58.2 Å². The molecule has 3 aromatic carbocycles. The fourth-order valence-corrected chi connectivity index (χ4v) is 3.55. The summed E-state index contributed by atoms with van der Waals surface area (Å²) in [7, 11) is 0. The maximum atomic E-state index is 12.2. The number of hydrogen-bond acceptors (Lipinski definition) is 3. The SMILES string of the molecule is CC(C)c1ccc(NC(=O)CSc2ccc(NC(=O)/C=C/c3ccccc3)cc2)cc1. The van der Waals surface area contributed by atoms with E-state index in [-0.39, 0.29) is 11.8 Å². The van der Waals surface area contributed by atoms with Crippen LogP contribution in [0.4, 0.5) is 11.4 Å². The average molecular weight is 431 g/mol. The zero-order valence-electron chi connectivity index (χ0n) is 17.7. The summed E-state index contributed by atoms with van der Waals surface area (Å²) in [6.07, 6.45) is 3.28. The van der Waals surface area contributed by atoms with Crippen LogP contribution in [-0.2, 0) is 9.59 Å². The van der Waals surface area contributed by atoms with Gasteiger partial charge in [-0.25, -0.2) is 0 Å². The maximum absolute atomic E-state index is 12.2. The molecular weight excluding hydrogens is 404 g/mol. The first-order chi connectivity index (χ1) is 15.0. The van der Waals surface area contributed by atoms with E-state index in [0.717, 1.165) is 16.1 Å². The number of nitrogens with one attached hydrogen (secondary N) is 2. The largest absolute Gasteiger partial charge is 0.325 e. The molecule has 0 fully saturated rings. The first-order valence-corrected chi connectivity index (χ1v) is 11.1. The van der Waals surface area contributed by atoms with Crippen molar-refractivity contribution >= 4 is 41.0 Å². The third-order valence-corrected chi connectivity index (χ3v) is 5.59. The van der Waals surface area contributed by atoms with Gasteiger partial charge in [0.2, 0.25) is 11.8 Å². The molecule has 0 unspecified atom stereocenters. The Hall–Kier alpha value is -3.31. The summed E-state index contributed by atoms with van der Waals surface area (Å²) in [6, 6.07) is 25.1. The Morgan fingerprint density at radius 1 is 0.839 bits per heavy atom. The number of hydrogen-bond donors (Lipinski definition) is 2. The van der Waals surface area contributed by atoms with Gasteiger partial charge in [-0.05, 0) is 59.5 Å². The van der Waals surface area contributed by atoms with Crippen LogP contribution in [0.15, 0.2) is 89.8 Å². The fraction of sp³-hybridized carbons (Fsp3) is 0.154. The van der Waals surface area contributed by atoms with Gasteiger partial charge in [0, 0.05) is 22.3 Å². The van der Waals surface area contributed by atoms with Crippen molar-refractivity contribution in [2.75, 3.05) is 16.4 Å². The molecule has 0 aliphatic rings. The predicted molar refractivity (Wildman–Crippen MR) is 130 cm³/mol. The predicted octanol–water partition coefficient (Wildman–Crippen LogP) is 6.19. The number of thioether (sulfide) groups is 1. The van der Waals surface area contributed by atoms with Gasteiger partial charge in [-0.15, -0.1) is 11.8 Å². The van der Waals surface area contributed by atoms with Crippen LogP contribution in [0.2, 0.25) is 0 Å². The van der Waals surface area contributed by atoms with Crippen LogP contribution in [0.3, 0.4) is 0 Å². The normalized spacial score (nSPS) is 10.9. The summed E-state index contributed by atoms with van der Waals surface area (Å²) < 4.78 is 0. The molecule has 0 spiro atoms. The third kappa shape index (κ3) is 7.46. The van der Waals surface area contributed by atoms with Crippen molar-refractivity contribution in [1.29, 1.82) is 0 Å². The van der Waals surface area contributed by atoms with Crippen LogP contribution in [0.5, 0.6) is 0 Å². The maximum Gasteiger partial charge on any atom is 0.248 e. The Morgan fingerprint density at radius 3 is 2.10 bits per heavy atom. The van der Waals surface area contributed by atoms with E-state index in [9.17, 15) is 9.59 Å². The minimum atomic E-state index is -0.188. The number of anilines is 2. The lowest BCUT2D eigenvalue weighted by molar-refractivity contribution is -0.114. The molecule has 0 aliphatic carbocycles. The summed E-state index contributed by atoms with van der Waals surface area (Å²) in [5, 5.41) is 5.75. The highest BCUT2D eigenvalue weighted by Gasteiger charge is 2.06. The van der Waals surface area contributed by atoms with Crippen molar-refractivity contribution in [1.82, 2.24) is 0 Å². The minimum Gasteiger partial charge on any atom is -0.325 e. The molecule has 31 heavy (non-hydrogen) atoms. The van der Waals surface area contributed by atoms with Gasteiger partial charge in [0.05, 0.1) is 5.75 Å². The van der Waals surface area contributed by atoms with Crippen molar-refractivity contribution in [2.45, 2.75) is 24.7 Å². The molecule has 0 atom stereocenters. The van der Waals surface area contributed by atoms with E-state index in [0.29, 0.717) is 17.4 Å². The second kappa shape index (κ2) is 11.2. The molecule has 0 radical (unpaired) electrons. The molecule has 4 nitrogen and oxygen atoms in total. The van der Waals surface area contributed by atoms with Crippen molar-refractivity contribution in [3.8, 4) is 0 Å². The molecule has 3 rings (SSSR count). The van der Waals surface area contributed by atoms with E-state index in [4.69, 9.17) is 0 Å². The van der Waals surface area contributed by atoms with Crippen molar-refractivity contribution in [3.05, 3.63) is 96.1 Å². The summed E-state index contributed by atoms with van der Waals surface area (Å²) in [4.78, 5) is 25.2. The molecule has 2 N–H and O–H groups in total. The summed E-state index contributed by atoms with van der Waals surface area (Å²) in [5.74, 6) is 0.545. The first-order valence-electron chi connectivity index (χ1n) is 10.2. The summed E-state index contributed by atoms with van der Waals surface area (Å²) in [6.45, 7) is 4.28. The lowest BCUT2D eigenvalue weighted by atomic mass is 10.0. The highest BCUT2D eigenvalue weighted by atomic mass is 32.2. The monoisotopic (exact) mass is 430 g/mol. The van der Waals surface area contributed by atoms with E-state index in [1.165, 1.54) is 23.4 Å². The molecule has 0 aromatic heterocycles. The number of rotatable bonds is 8. The zero-order chi connectivity index (χ0) is 22.1. The quantitative estimate of drug-likeness (QED) is 0.331. The minimum absolute atomic E-state index is 0.0503. The van der Waals surface area contributed by atoms with E-state index in [1.54, 1.807) is 6.08 Å². The third-order valence-electron chi connectivity index (χ3n) is 4.58. The van der Waals surface area contributed by atoms with Crippen LogP contribution in [0, 0.1) is 0 Å². The lowest BCUT2D eigenvalue weighted by Crippen LogP contribution is -2.14. The average Bonchev–Trinajstić information content (AvgIpc) is 2.78. The second-order valence-corrected chi connectivity index (χ2v) is 8.42. The molecule has 3 aromatic rings. The number of benzene rings is 3. The van der Waals surface area contributed by atoms with E-state index in [2.05, 4.69) is 24.5 Å². The van der Waals surface area contributed by atoms with Gasteiger partial charge in [-0.2, -0.15) is 0 Å². The first kappa shape index (κ1) is 22.4. The van der Waals surface area contributed by atoms with Crippen molar-refractivity contribution in [2.24, 2.45) is 0 Å². The van der Waals surface area contributed by atoms with Crippen LogP contribution < -0.4 is 10.6 Å². The highest BCUT2D eigenvalue weighted by Crippen LogP contribution is 2.21. The Labute approximate surface area is 187 Å². The Balaban J connectivity index is 1.45. The molecule has 0 aliphatic heterocycles. The van der Waals surface area contributed by atoms with Crippen LogP contribution in [0.1, 0.15) is 30.9 Å². The van der Waals surface area contributed by atoms with Crippen LogP contribution in [0.25, 0.3) is 6.08 Å². The van der Waals surface area contributed by atoms with Gasteiger partial charge in [0.1, 0.15) is 0 Å². The Bertz CT molecular complexity index is 1030. The fourth-order valence-electron chi connectivity index (χ4n) is 2.85. The van der Waals surface area contributed by atoms with Gasteiger partial charge in [0.25, 0.3) is 0 Å². The van der Waals surface area contributed by atoms with Crippen molar-refractivity contribution in [3.63, 3.8) is 0 Å². The van der Waals surface area contributed by atoms with E-state index < -0.39 is 0 Å². The Morgan fingerprint density at radius 2 is 1.45 bits per heavy atom. The molecule has 0 saturated carbocycles. The van der Waals surface area contributed by atoms with Gasteiger partial charge in [-0.3, -0.25) is 9.59 Å². The number of amides is 2. The smallest absolute Gasteiger partial charge is 0.248 e. The van der Waals surface area contributed by atoms with Crippen LogP contribution in [-0.4, -0.2) is 17.6 Å². The molecule has 2 amide bonds. The lowest BCUT2D eigenvalue weighted by Gasteiger charge is -2.09. The molecule has 5 heteroatoms. The number of carbonyl (C=O) groups is 2. The standard InChI is InChI=1S/C26H26N2O2S/c1-19(2)21-9-11-22(12-10-21)28-26(30)18-31-24-15-13-23(14-16-24)27-25(29)17-8-20-6-4-3-5-7-20/h3-17,19H,18H2,1-2H3,(H,27,29)(H,28,30)/b17-8+. The number of carbonyl (C=O) groups excluding carboxylic acids is 2. The van der Waals surface area contributed by atoms with E-state index >= 15 is 0 Å². The van der Waals surface area contributed by atoms with E-state index in [1.807, 2.05) is 78.9 Å². The van der Waals surface area contributed by atoms with Gasteiger partial charge in [-0.1, -0.05) is 56.3 Å². The second-order valence-electron chi connectivity index (χ2n) is 7.37. The molecule has 0 saturated heterocycles.